The zero-order valence-corrected chi connectivity index (χ0v) is 13.5. The topological polar surface area (TPSA) is 44.3 Å². The Morgan fingerprint density at radius 1 is 1.19 bits per heavy atom. The second kappa shape index (κ2) is 5.89. The van der Waals surface area contributed by atoms with Gasteiger partial charge in [-0.3, -0.25) is 4.90 Å². The van der Waals surface area contributed by atoms with Gasteiger partial charge >= 0.3 is 0 Å². The van der Waals surface area contributed by atoms with Crippen molar-refractivity contribution in [2.75, 3.05) is 31.1 Å². The largest absolute Gasteiger partial charge is 0.338 e. The number of aromatic nitrogens is 2. The van der Waals surface area contributed by atoms with E-state index in [1.54, 1.807) is 0 Å². The van der Waals surface area contributed by atoms with Crippen LogP contribution in [0, 0.1) is 0 Å². The monoisotopic (exact) mass is 289 g/mol. The van der Waals surface area contributed by atoms with Crippen molar-refractivity contribution in [2.45, 2.75) is 51.7 Å². The zero-order valence-electron chi connectivity index (χ0n) is 13.5. The molecule has 0 bridgehead atoms. The van der Waals surface area contributed by atoms with Gasteiger partial charge in [0.15, 0.2) is 0 Å². The fourth-order valence-corrected chi connectivity index (χ4v) is 3.14. The molecule has 1 atom stereocenters. The molecule has 1 aromatic heterocycles. The Morgan fingerprint density at radius 3 is 2.67 bits per heavy atom. The van der Waals surface area contributed by atoms with Gasteiger partial charge in [0.1, 0.15) is 0 Å². The lowest BCUT2D eigenvalue weighted by Crippen LogP contribution is -2.50. The lowest BCUT2D eigenvalue weighted by molar-refractivity contribution is 0.229. The fourth-order valence-electron chi connectivity index (χ4n) is 3.14. The average Bonchev–Trinajstić information content (AvgIpc) is 2.92. The molecule has 2 fully saturated rings. The quantitative estimate of drug-likeness (QED) is 0.916. The molecule has 3 rings (SSSR count). The molecule has 0 amide bonds. The molecule has 0 spiro atoms. The van der Waals surface area contributed by atoms with Crippen LogP contribution >= 0.6 is 0 Å². The van der Waals surface area contributed by atoms with E-state index in [1.165, 1.54) is 19.4 Å². The maximum absolute atomic E-state index is 4.57. The van der Waals surface area contributed by atoms with Gasteiger partial charge in [-0.25, -0.2) is 9.97 Å². The molecule has 0 aromatic carbocycles. The molecule has 3 heterocycles. The van der Waals surface area contributed by atoms with Crippen LogP contribution in [0.1, 0.15) is 39.2 Å². The summed E-state index contributed by atoms with van der Waals surface area (Å²) in [6.07, 6.45) is 6.59. The zero-order chi connectivity index (χ0) is 14.9. The lowest BCUT2D eigenvalue weighted by atomic mass is 10.1. The highest BCUT2D eigenvalue weighted by atomic mass is 15.3. The first kappa shape index (κ1) is 14.7. The van der Waals surface area contributed by atoms with Crippen molar-refractivity contribution in [3.63, 3.8) is 0 Å². The van der Waals surface area contributed by atoms with Crippen LogP contribution in [-0.2, 0) is 6.54 Å². The van der Waals surface area contributed by atoms with E-state index in [1.807, 2.05) is 12.4 Å². The van der Waals surface area contributed by atoms with Gasteiger partial charge < -0.3 is 10.2 Å². The Balaban J connectivity index is 1.59. The number of rotatable bonds is 3. The molecular weight excluding hydrogens is 262 g/mol. The van der Waals surface area contributed by atoms with Crippen LogP contribution in [0.25, 0.3) is 0 Å². The van der Waals surface area contributed by atoms with E-state index < -0.39 is 0 Å². The first-order valence-corrected chi connectivity index (χ1v) is 8.06. The molecule has 116 valence electrons. The number of nitrogens with one attached hydrogen (secondary N) is 1. The minimum absolute atomic E-state index is 0.122. The van der Waals surface area contributed by atoms with E-state index in [-0.39, 0.29) is 5.54 Å². The van der Waals surface area contributed by atoms with Crippen LogP contribution in [0.4, 0.5) is 5.95 Å². The number of hydrogen-bond acceptors (Lipinski definition) is 5. The molecule has 2 saturated heterocycles. The Hall–Kier alpha value is -1.20. The van der Waals surface area contributed by atoms with Gasteiger partial charge in [0.2, 0.25) is 5.95 Å². The maximum Gasteiger partial charge on any atom is 0.225 e. The van der Waals surface area contributed by atoms with Crippen LogP contribution in [0.5, 0.6) is 0 Å². The van der Waals surface area contributed by atoms with E-state index in [2.05, 4.69) is 45.9 Å². The highest BCUT2D eigenvalue weighted by molar-refractivity contribution is 5.31. The standard InChI is InChI=1S/C16H27N5/c1-16(2,3)19-11-13-9-17-15(18-10-13)21-8-7-20-6-4-5-14(20)12-21/h9-10,14,19H,4-8,11-12H2,1-3H3. The molecular formula is C16H27N5. The van der Waals surface area contributed by atoms with Gasteiger partial charge in [-0.2, -0.15) is 0 Å². The van der Waals surface area contributed by atoms with E-state index >= 15 is 0 Å². The SMILES string of the molecule is CC(C)(C)NCc1cnc(N2CCN3CCCC3C2)nc1. The van der Waals surface area contributed by atoms with Gasteiger partial charge in [-0.05, 0) is 40.2 Å². The molecule has 1 unspecified atom stereocenters. The third-order valence-corrected chi connectivity index (χ3v) is 4.38. The summed E-state index contributed by atoms with van der Waals surface area (Å²) in [5, 5.41) is 3.47. The Bertz CT molecular complexity index is 465. The molecule has 0 radical (unpaired) electrons. The van der Waals surface area contributed by atoms with Gasteiger partial charge in [-0.15, -0.1) is 0 Å². The summed E-state index contributed by atoms with van der Waals surface area (Å²) in [6, 6.07) is 0.713. The minimum atomic E-state index is 0.122. The van der Waals surface area contributed by atoms with Crippen LogP contribution in [0.15, 0.2) is 12.4 Å². The number of piperazine rings is 1. The third kappa shape index (κ3) is 3.71. The molecule has 5 heteroatoms. The molecule has 5 nitrogen and oxygen atoms in total. The molecule has 1 N–H and O–H groups in total. The second-order valence-electron chi connectivity index (χ2n) is 7.27. The Labute approximate surface area is 127 Å². The summed E-state index contributed by atoms with van der Waals surface area (Å²) in [6.45, 7) is 11.9. The third-order valence-electron chi connectivity index (χ3n) is 4.38. The predicted octanol–water partition coefficient (Wildman–Crippen LogP) is 1.65. The number of fused-ring (bicyclic) bond motifs is 1. The van der Waals surface area contributed by atoms with Gasteiger partial charge in [0.05, 0.1) is 0 Å². The molecule has 2 aliphatic heterocycles. The highest BCUT2D eigenvalue weighted by Gasteiger charge is 2.31. The first-order chi connectivity index (χ1) is 10.0. The average molecular weight is 289 g/mol. The molecule has 2 aliphatic rings. The van der Waals surface area contributed by atoms with Crippen molar-refractivity contribution in [3.05, 3.63) is 18.0 Å². The first-order valence-electron chi connectivity index (χ1n) is 8.06. The van der Waals surface area contributed by atoms with Crippen molar-refractivity contribution in [1.82, 2.24) is 20.2 Å². The van der Waals surface area contributed by atoms with Crippen LogP contribution < -0.4 is 10.2 Å². The summed E-state index contributed by atoms with van der Waals surface area (Å²) in [5.41, 5.74) is 1.27. The number of anilines is 1. The maximum atomic E-state index is 4.57. The summed E-state index contributed by atoms with van der Waals surface area (Å²) >= 11 is 0. The van der Waals surface area contributed by atoms with E-state index in [4.69, 9.17) is 0 Å². The Kier molecular flexibility index (Phi) is 4.13. The van der Waals surface area contributed by atoms with Crippen molar-refractivity contribution in [2.24, 2.45) is 0 Å². The highest BCUT2D eigenvalue weighted by Crippen LogP contribution is 2.23. The van der Waals surface area contributed by atoms with Crippen LogP contribution in [0.2, 0.25) is 0 Å². The van der Waals surface area contributed by atoms with Crippen LogP contribution in [-0.4, -0.2) is 52.6 Å². The predicted molar refractivity (Wildman–Crippen MR) is 85.4 cm³/mol. The minimum Gasteiger partial charge on any atom is -0.338 e. The molecule has 0 saturated carbocycles. The molecule has 0 aliphatic carbocycles. The fraction of sp³-hybridized carbons (Fsp3) is 0.750. The van der Waals surface area contributed by atoms with Crippen molar-refractivity contribution in [1.29, 1.82) is 0 Å². The van der Waals surface area contributed by atoms with Gasteiger partial charge in [0, 0.05) is 55.7 Å². The second-order valence-corrected chi connectivity index (χ2v) is 7.27. The molecule has 21 heavy (non-hydrogen) atoms. The number of hydrogen-bond donors (Lipinski definition) is 1. The van der Waals surface area contributed by atoms with E-state index in [0.29, 0.717) is 6.04 Å². The van der Waals surface area contributed by atoms with Gasteiger partial charge in [0.25, 0.3) is 0 Å². The Morgan fingerprint density at radius 2 is 1.95 bits per heavy atom. The van der Waals surface area contributed by atoms with E-state index in [9.17, 15) is 0 Å². The summed E-state index contributed by atoms with van der Waals surface area (Å²) in [7, 11) is 0. The van der Waals surface area contributed by atoms with Crippen LogP contribution in [0.3, 0.4) is 0 Å². The molecule has 1 aromatic rings. The number of nitrogens with zero attached hydrogens (tertiary/aromatic N) is 4. The smallest absolute Gasteiger partial charge is 0.225 e. The van der Waals surface area contributed by atoms with E-state index in [0.717, 1.165) is 37.7 Å². The lowest BCUT2D eigenvalue weighted by Gasteiger charge is -2.37. The summed E-state index contributed by atoms with van der Waals surface area (Å²) in [4.78, 5) is 14.1. The van der Waals surface area contributed by atoms with Crippen molar-refractivity contribution >= 4 is 5.95 Å². The summed E-state index contributed by atoms with van der Waals surface area (Å²) in [5.74, 6) is 0.890. The normalized spacial score (nSPS) is 23.4. The van der Waals surface area contributed by atoms with Gasteiger partial charge in [-0.1, -0.05) is 0 Å². The van der Waals surface area contributed by atoms with Crippen molar-refractivity contribution < 1.29 is 0 Å². The summed E-state index contributed by atoms with van der Waals surface area (Å²) < 4.78 is 0. The van der Waals surface area contributed by atoms with Crippen molar-refractivity contribution in [3.8, 4) is 0 Å².